The molecule has 0 aromatic heterocycles. The van der Waals surface area contributed by atoms with Gasteiger partial charge in [-0.15, -0.1) is 0 Å². The Balaban J connectivity index is 1.51. The van der Waals surface area contributed by atoms with Crippen LogP contribution < -0.4 is 14.2 Å². The minimum atomic E-state index is -0.806. The zero-order valence-corrected chi connectivity index (χ0v) is 12.6. The molecule has 5 heteroatoms. The van der Waals surface area contributed by atoms with Gasteiger partial charge in [-0.05, 0) is 30.5 Å². The number of carbonyl (C=O) groups is 1. The molecular weight excluding hydrogens is 296 g/mol. The fourth-order valence-corrected chi connectivity index (χ4v) is 2.56. The molecule has 0 spiro atoms. The van der Waals surface area contributed by atoms with Crippen LogP contribution in [0.3, 0.4) is 0 Å². The minimum absolute atomic E-state index is 0.232. The van der Waals surface area contributed by atoms with E-state index in [0.717, 1.165) is 5.56 Å². The molecule has 23 heavy (non-hydrogen) atoms. The van der Waals surface area contributed by atoms with Gasteiger partial charge in [0.1, 0.15) is 5.75 Å². The highest BCUT2D eigenvalue weighted by Crippen LogP contribution is 2.35. The van der Waals surface area contributed by atoms with E-state index < -0.39 is 11.9 Å². The molecule has 1 N–H and O–H groups in total. The molecule has 0 amide bonds. The van der Waals surface area contributed by atoms with Gasteiger partial charge in [-0.1, -0.05) is 30.3 Å². The van der Waals surface area contributed by atoms with Crippen LogP contribution in [0.25, 0.3) is 0 Å². The van der Waals surface area contributed by atoms with Gasteiger partial charge in [0, 0.05) is 6.07 Å². The predicted molar refractivity (Wildman–Crippen MR) is 84.1 cm³/mol. The van der Waals surface area contributed by atoms with Crippen LogP contribution in [-0.4, -0.2) is 24.5 Å². The second kappa shape index (κ2) is 7.05. The summed E-state index contributed by atoms with van der Waals surface area (Å²) in [4.78, 5) is 11.4. The zero-order valence-electron chi connectivity index (χ0n) is 12.6. The molecule has 120 valence electrons. The van der Waals surface area contributed by atoms with E-state index in [1.165, 1.54) is 0 Å². The fraction of sp³-hybridized carbons (Fsp3) is 0.278. The van der Waals surface area contributed by atoms with Gasteiger partial charge in [-0.3, -0.25) is 4.79 Å². The lowest BCUT2D eigenvalue weighted by Gasteiger charge is -2.13. The number of hydrogen-bond donors (Lipinski definition) is 1. The van der Waals surface area contributed by atoms with Crippen molar-refractivity contribution in [3.8, 4) is 17.2 Å². The SMILES string of the molecule is O=C(O)C(CCCOc1ccc2c(c1)OCO2)c1ccccc1. The topological polar surface area (TPSA) is 65.0 Å². The Labute approximate surface area is 134 Å². The number of benzene rings is 2. The highest BCUT2D eigenvalue weighted by atomic mass is 16.7. The van der Waals surface area contributed by atoms with Gasteiger partial charge in [0.2, 0.25) is 6.79 Å². The van der Waals surface area contributed by atoms with Gasteiger partial charge in [0.05, 0.1) is 12.5 Å². The molecule has 0 saturated carbocycles. The van der Waals surface area contributed by atoms with Gasteiger partial charge in [0.25, 0.3) is 0 Å². The van der Waals surface area contributed by atoms with Crippen LogP contribution in [-0.2, 0) is 4.79 Å². The van der Waals surface area contributed by atoms with Gasteiger partial charge in [0.15, 0.2) is 11.5 Å². The molecule has 0 aliphatic carbocycles. The van der Waals surface area contributed by atoms with Crippen molar-refractivity contribution in [1.82, 2.24) is 0 Å². The average molecular weight is 314 g/mol. The molecular formula is C18H18O5. The summed E-state index contributed by atoms with van der Waals surface area (Å²) >= 11 is 0. The number of hydrogen-bond acceptors (Lipinski definition) is 4. The Morgan fingerprint density at radius 1 is 1.13 bits per heavy atom. The normalized spacial score (nSPS) is 13.6. The molecule has 2 aromatic carbocycles. The van der Waals surface area contributed by atoms with Gasteiger partial charge in [-0.2, -0.15) is 0 Å². The van der Waals surface area contributed by atoms with Crippen LogP contribution in [0, 0.1) is 0 Å². The summed E-state index contributed by atoms with van der Waals surface area (Å²) in [5, 5.41) is 9.38. The third-order valence-electron chi connectivity index (χ3n) is 3.75. The van der Waals surface area contributed by atoms with Crippen molar-refractivity contribution in [3.63, 3.8) is 0 Å². The lowest BCUT2D eigenvalue weighted by molar-refractivity contribution is -0.139. The summed E-state index contributed by atoms with van der Waals surface area (Å²) in [6.45, 7) is 0.687. The quantitative estimate of drug-likeness (QED) is 0.793. The smallest absolute Gasteiger partial charge is 0.310 e. The van der Waals surface area contributed by atoms with Crippen LogP contribution in [0.1, 0.15) is 24.3 Å². The van der Waals surface area contributed by atoms with Crippen molar-refractivity contribution in [2.24, 2.45) is 0 Å². The molecule has 1 unspecified atom stereocenters. The van der Waals surface area contributed by atoms with Gasteiger partial charge < -0.3 is 19.3 Å². The Morgan fingerprint density at radius 3 is 2.70 bits per heavy atom. The van der Waals surface area contributed by atoms with E-state index >= 15 is 0 Å². The minimum Gasteiger partial charge on any atom is -0.493 e. The number of aliphatic carboxylic acids is 1. The van der Waals surface area contributed by atoms with E-state index in [0.29, 0.717) is 36.7 Å². The molecule has 1 aliphatic rings. The van der Waals surface area contributed by atoms with Crippen molar-refractivity contribution in [3.05, 3.63) is 54.1 Å². The van der Waals surface area contributed by atoms with Crippen LogP contribution >= 0.6 is 0 Å². The summed E-state index contributed by atoms with van der Waals surface area (Å²) in [5.74, 6) is 0.777. The summed E-state index contributed by atoms with van der Waals surface area (Å²) < 4.78 is 16.2. The summed E-state index contributed by atoms with van der Waals surface area (Å²) in [6.07, 6.45) is 1.18. The first-order valence-corrected chi connectivity index (χ1v) is 7.54. The highest BCUT2D eigenvalue weighted by Gasteiger charge is 2.19. The van der Waals surface area contributed by atoms with Crippen molar-refractivity contribution in [2.75, 3.05) is 13.4 Å². The van der Waals surface area contributed by atoms with Crippen molar-refractivity contribution >= 4 is 5.97 Å². The molecule has 0 fully saturated rings. The van der Waals surface area contributed by atoms with Gasteiger partial charge >= 0.3 is 5.97 Å². The van der Waals surface area contributed by atoms with Crippen molar-refractivity contribution < 1.29 is 24.1 Å². The number of carboxylic acid groups (broad SMARTS) is 1. The maximum Gasteiger partial charge on any atom is 0.310 e. The van der Waals surface area contributed by atoms with E-state index in [1.807, 2.05) is 42.5 Å². The van der Waals surface area contributed by atoms with E-state index in [9.17, 15) is 9.90 Å². The Bertz CT molecular complexity index is 668. The number of ether oxygens (including phenoxy) is 3. The molecule has 1 heterocycles. The third kappa shape index (κ3) is 3.74. The second-order valence-corrected chi connectivity index (χ2v) is 5.31. The molecule has 2 aromatic rings. The number of rotatable bonds is 7. The summed E-state index contributed by atoms with van der Waals surface area (Å²) in [7, 11) is 0. The van der Waals surface area contributed by atoms with Crippen molar-refractivity contribution in [1.29, 1.82) is 0 Å². The Hall–Kier alpha value is -2.69. The molecule has 0 bridgehead atoms. The maximum atomic E-state index is 11.4. The standard InChI is InChI=1S/C18H18O5/c19-18(20)15(13-5-2-1-3-6-13)7-4-10-21-14-8-9-16-17(11-14)23-12-22-16/h1-3,5-6,8-9,11,15H,4,7,10,12H2,(H,19,20). The number of fused-ring (bicyclic) bond motifs is 1. The van der Waals surface area contributed by atoms with E-state index in [4.69, 9.17) is 14.2 Å². The molecule has 5 nitrogen and oxygen atoms in total. The molecule has 1 aliphatic heterocycles. The Morgan fingerprint density at radius 2 is 1.91 bits per heavy atom. The van der Waals surface area contributed by atoms with E-state index in [-0.39, 0.29) is 6.79 Å². The first kappa shape index (κ1) is 15.2. The summed E-state index contributed by atoms with van der Waals surface area (Å²) in [6, 6.07) is 14.7. The Kier molecular flexibility index (Phi) is 4.66. The van der Waals surface area contributed by atoms with Crippen LogP contribution in [0.2, 0.25) is 0 Å². The van der Waals surface area contributed by atoms with Crippen LogP contribution in [0.5, 0.6) is 17.2 Å². The molecule has 1 atom stereocenters. The highest BCUT2D eigenvalue weighted by molar-refractivity contribution is 5.75. The average Bonchev–Trinajstić information content (AvgIpc) is 3.03. The number of carboxylic acids is 1. The first-order valence-electron chi connectivity index (χ1n) is 7.54. The molecule has 0 radical (unpaired) electrons. The molecule has 3 rings (SSSR count). The van der Waals surface area contributed by atoms with Crippen LogP contribution in [0.4, 0.5) is 0 Å². The van der Waals surface area contributed by atoms with Crippen molar-refractivity contribution in [2.45, 2.75) is 18.8 Å². The third-order valence-corrected chi connectivity index (χ3v) is 3.75. The first-order chi connectivity index (χ1) is 11.2. The summed E-state index contributed by atoms with van der Waals surface area (Å²) in [5.41, 5.74) is 0.822. The van der Waals surface area contributed by atoms with Crippen LogP contribution in [0.15, 0.2) is 48.5 Å². The monoisotopic (exact) mass is 314 g/mol. The second-order valence-electron chi connectivity index (χ2n) is 5.31. The lowest BCUT2D eigenvalue weighted by Crippen LogP contribution is -2.13. The van der Waals surface area contributed by atoms with E-state index in [1.54, 1.807) is 6.07 Å². The van der Waals surface area contributed by atoms with E-state index in [2.05, 4.69) is 0 Å². The molecule has 0 saturated heterocycles. The van der Waals surface area contributed by atoms with Gasteiger partial charge in [-0.25, -0.2) is 0 Å². The largest absolute Gasteiger partial charge is 0.493 e. The predicted octanol–water partition coefficient (Wildman–Crippen LogP) is 3.44. The lowest BCUT2D eigenvalue weighted by atomic mass is 9.95. The maximum absolute atomic E-state index is 11.4. The zero-order chi connectivity index (χ0) is 16.1. The fourth-order valence-electron chi connectivity index (χ4n) is 2.56.